The lowest BCUT2D eigenvalue weighted by atomic mass is 10.0. The molecule has 0 bridgehead atoms. The monoisotopic (exact) mass is 414 g/mol. The zero-order chi connectivity index (χ0) is 22.1. The van der Waals surface area contributed by atoms with Crippen molar-refractivity contribution in [3.8, 4) is 0 Å². The standard InChI is InChI=1S/C21H22N2O7/c22-18(24)11-10-17(20(27)28)23(12-15-8-4-5-9-16(15)19(25)26)21(29)30-13-14-6-2-1-3-7-14/h1-9,17H,10-13H2,(H2,22,24)(H,25,26)(H,27,28). The second kappa shape index (κ2) is 10.6. The number of primary amides is 1. The Balaban J connectivity index is 2.30. The summed E-state index contributed by atoms with van der Waals surface area (Å²) >= 11 is 0. The fraction of sp³-hybridized carbons (Fsp3) is 0.238. The lowest BCUT2D eigenvalue weighted by Crippen LogP contribution is -2.45. The molecule has 1 atom stereocenters. The number of hydrogen-bond acceptors (Lipinski definition) is 5. The second-order valence-corrected chi connectivity index (χ2v) is 6.49. The van der Waals surface area contributed by atoms with E-state index in [0.717, 1.165) is 4.90 Å². The van der Waals surface area contributed by atoms with Crippen molar-refractivity contribution in [3.05, 3.63) is 71.3 Å². The highest BCUT2D eigenvalue weighted by molar-refractivity contribution is 5.89. The van der Waals surface area contributed by atoms with Crippen LogP contribution >= 0.6 is 0 Å². The molecule has 158 valence electrons. The van der Waals surface area contributed by atoms with Gasteiger partial charge < -0.3 is 20.7 Å². The summed E-state index contributed by atoms with van der Waals surface area (Å²) in [6, 6.07) is 13.3. The van der Waals surface area contributed by atoms with Crippen LogP contribution < -0.4 is 5.73 Å². The maximum Gasteiger partial charge on any atom is 0.411 e. The van der Waals surface area contributed by atoms with E-state index in [2.05, 4.69) is 0 Å². The lowest BCUT2D eigenvalue weighted by molar-refractivity contribution is -0.143. The molecule has 0 heterocycles. The Labute approximate surface area is 172 Å². The molecule has 2 aromatic carbocycles. The Morgan fingerprint density at radius 3 is 2.20 bits per heavy atom. The summed E-state index contributed by atoms with van der Waals surface area (Å²) in [6.07, 6.45) is -1.45. The molecule has 0 aliphatic carbocycles. The molecule has 0 fully saturated rings. The van der Waals surface area contributed by atoms with E-state index in [4.69, 9.17) is 10.5 Å². The first kappa shape index (κ1) is 22.4. The summed E-state index contributed by atoms with van der Waals surface area (Å²) in [7, 11) is 0. The van der Waals surface area contributed by atoms with Gasteiger partial charge in [-0.15, -0.1) is 0 Å². The first-order valence-corrected chi connectivity index (χ1v) is 9.09. The van der Waals surface area contributed by atoms with Crippen LogP contribution in [0, 0.1) is 0 Å². The van der Waals surface area contributed by atoms with Gasteiger partial charge in [0.05, 0.1) is 12.1 Å². The summed E-state index contributed by atoms with van der Waals surface area (Å²) in [5.41, 5.74) is 5.98. The maximum absolute atomic E-state index is 12.8. The van der Waals surface area contributed by atoms with Gasteiger partial charge in [0.2, 0.25) is 5.91 Å². The molecule has 0 spiro atoms. The molecule has 0 aliphatic rings. The van der Waals surface area contributed by atoms with Crippen molar-refractivity contribution in [2.75, 3.05) is 0 Å². The van der Waals surface area contributed by atoms with Gasteiger partial charge in [0.15, 0.2) is 0 Å². The van der Waals surface area contributed by atoms with Crippen molar-refractivity contribution in [3.63, 3.8) is 0 Å². The number of carbonyl (C=O) groups is 4. The maximum atomic E-state index is 12.8. The van der Waals surface area contributed by atoms with Crippen molar-refractivity contribution in [1.29, 1.82) is 0 Å². The predicted octanol–water partition coefficient (Wildman–Crippen LogP) is 2.24. The Morgan fingerprint density at radius 2 is 1.60 bits per heavy atom. The molecule has 2 rings (SSSR count). The molecule has 9 heteroatoms. The zero-order valence-corrected chi connectivity index (χ0v) is 16.1. The van der Waals surface area contributed by atoms with Gasteiger partial charge >= 0.3 is 18.0 Å². The third kappa shape index (κ3) is 6.33. The molecular formula is C21H22N2O7. The molecule has 30 heavy (non-hydrogen) atoms. The van der Waals surface area contributed by atoms with Crippen LogP contribution in [0.25, 0.3) is 0 Å². The lowest BCUT2D eigenvalue weighted by Gasteiger charge is -2.28. The van der Waals surface area contributed by atoms with Crippen LogP contribution in [-0.4, -0.2) is 45.1 Å². The van der Waals surface area contributed by atoms with Crippen molar-refractivity contribution < 1.29 is 34.1 Å². The van der Waals surface area contributed by atoms with Gasteiger partial charge in [0.25, 0.3) is 0 Å². The summed E-state index contributed by atoms with van der Waals surface area (Å²) in [5, 5.41) is 19.0. The molecule has 1 unspecified atom stereocenters. The molecule has 0 saturated heterocycles. The van der Waals surface area contributed by atoms with Crippen LogP contribution in [-0.2, 0) is 27.5 Å². The minimum Gasteiger partial charge on any atom is -0.480 e. The third-order valence-corrected chi connectivity index (χ3v) is 4.35. The van der Waals surface area contributed by atoms with Gasteiger partial charge in [-0.2, -0.15) is 0 Å². The van der Waals surface area contributed by atoms with Gasteiger partial charge in [0.1, 0.15) is 12.6 Å². The van der Waals surface area contributed by atoms with Gasteiger partial charge in [0, 0.05) is 6.42 Å². The minimum absolute atomic E-state index is 0.0719. The van der Waals surface area contributed by atoms with Crippen molar-refractivity contribution in [2.45, 2.75) is 32.0 Å². The first-order valence-electron chi connectivity index (χ1n) is 9.09. The number of benzene rings is 2. The van der Waals surface area contributed by atoms with E-state index in [1.165, 1.54) is 18.2 Å². The number of amides is 2. The van der Waals surface area contributed by atoms with E-state index in [-0.39, 0.29) is 37.1 Å². The van der Waals surface area contributed by atoms with E-state index < -0.39 is 30.0 Å². The average Bonchev–Trinajstić information content (AvgIpc) is 2.71. The highest BCUT2D eigenvalue weighted by Gasteiger charge is 2.32. The first-order chi connectivity index (χ1) is 14.3. The Morgan fingerprint density at radius 1 is 0.967 bits per heavy atom. The largest absolute Gasteiger partial charge is 0.480 e. The van der Waals surface area contributed by atoms with Crippen LogP contribution in [0.3, 0.4) is 0 Å². The number of aliphatic carboxylic acids is 1. The Hall–Kier alpha value is -3.88. The van der Waals surface area contributed by atoms with E-state index in [1.807, 2.05) is 0 Å². The minimum atomic E-state index is -1.43. The normalized spacial score (nSPS) is 11.3. The van der Waals surface area contributed by atoms with Gasteiger partial charge in [-0.05, 0) is 23.6 Å². The second-order valence-electron chi connectivity index (χ2n) is 6.49. The number of aromatic carboxylic acids is 1. The molecule has 0 radical (unpaired) electrons. The van der Waals surface area contributed by atoms with Crippen LogP contribution in [0.15, 0.2) is 54.6 Å². The molecule has 4 N–H and O–H groups in total. The fourth-order valence-corrected chi connectivity index (χ4v) is 2.85. The number of ether oxygens (including phenoxy) is 1. The molecule has 0 saturated carbocycles. The van der Waals surface area contributed by atoms with Gasteiger partial charge in [-0.3, -0.25) is 9.69 Å². The van der Waals surface area contributed by atoms with Gasteiger partial charge in [-0.1, -0.05) is 48.5 Å². The van der Waals surface area contributed by atoms with E-state index in [1.54, 1.807) is 36.4 Å². The Bertz CT molecular complexity index is 915. The Kier molecular flexibility index (Phi) is 7.92. The highest BCUT2D eigenvalue weighted by Crippen LogP contribution is 2.18. The van der Waals surface area contributed by atoms with Crippen LogP contribution in [0.2, 0.25) is 0 Å². The molecule has 9 nitrogen and oxygen atoms in total. The number of nitrogens with two attached hydrogens (primary N) is 1. The summed E-state index contributed by atoms with van der Waals surface area (Å²) < 4.78 is 5.26. The topological polar surface area (TPSA) is 147 Å². The number of carboxylic acid groups (broad SMARTS) is 2. The van der Waals surface area contributed by atoms with E-state index in [0.29, 0.717) is 5.56 Å². The molecule has 0 aromatic heterocycles. The number of carbonyl (C=O) groups excluding carboxylic acids is 2. The number of hydrogen-bond donors (Lipinski definition) is 3. The highest BCUT2D eigenvalue weighted by atomic mass is 16.6. The number of rotatable bonds is 10. The number of carboxylic acids is 2. The summed E-state index contributed by atoms with van der Waals surface area (Å²) in [4.78, 5) is 48.1. The predicted molar refractivity (Wildman–Crippen MR) is 105 cm³/mol. The van der Waals surface area contributed by atoms with Crippen molar-refractivity contribution >= 4 is 23.9 Å². The molecular weight excluding hydrogens is 392 g/mol. The van der Waals surface area contributed by atoms with Crippen LogP contribution in [0.4, 0.5) is 4.79 Å². The average molecular weight is 414 g/mol. The van der Waals surface area contributed by atoms with Crippen LogP contribution in [0.5, 0.6) is 0 Å². The summed E-state index contributed by atoms with van der Waals surface area (Å²) in [6.45, 7) is -0.426. The van der Waals surface area contributed by atoms with Crippen molar-refractivity contribution in [2.24, 2.45) is 5.73 Å². The molecule has 0 aliphatic heterocycles. The fourth-order valence-electron chi connectivity index (χ4n) is 2.85. The van der Waals surface area contributed by atoms with E-state index in [9.17, 15) is 29.4 Å². The van der Waals surface area contributed by atoms with E-state index >= 15 is 0 Å². The summed E-state index contributed by atoms with van der Waals surface area (Å²) in [5.74, 6) is -3.29. The van der Waals surface area contributed by atoms with Gasteiger partial charge in [-0.25, -0.2) is 14.4 Å². The quantitative estimate of drug-likeness (QED) is 0.540. The zero-order valence-electron chi connectivity index (χ0n) is 16.1. The number of nitrogens with zero attached hydrogens (tertiary/aromatic N) is 1. The smallest absolute Gasteiger partial charge is 0.411 e. The molecule has 2 amide bonds. The molecule has 2 aromatic rings. The van der Waals surface area contributed by atoms with Crippen molar-refractivity contribution in [1.82, 2.24) is 4.90 Å². The van der Waals surface area contributed by atoms with Crippen LogP contribution in [0.1, 0.15) is 34.3 Å². The third-order valence-electron chi connectivity index (χ3n) is 4.35. The SMILES string of the molecule is NC(=O)CCC(C(=O)O)N(Cc1ccccc1C(=O)O)C(=O)OCc1ccccc1.